The lowest BCUT2D eigenvalue weighted by atomic mass is 9.79. The zero-order valence-electron chi connectivity index (χ0n) is 14.6. The van der Waals surface area contributed by atoms with Gasteiger partial charge in [0.2, 0.25) is 0 Å². The second kappa shape index (κ2) is 5.93. The first-order valence-electron chi connectivity index (χ1n) is 8.50. The van der Waals surface area contributed by atoms with Gasteiger partial charge in [-0.3, -0.25) is 4.99 Å². The third-order valence-electron chi connectivity index (χ3n) is 4.96. The molecule has 0 spiro atoms. The van der Waals surface area contributed by atoms with Gasteiger partial charge in [0.25, 0.3) is 0 Å². The fraction of sp³-hybridized carbons (Fsp3) is 0.130. The lowest BCUT2D eigenvalue weighted by molar-refractivity contribution is 0.624. The predicted octanol–water partition coefficient (Wildman–Crippen LogP) is 5.93. The molecule has 0 bridgehead atoms. The lowest BCUT2D eigenvalue weighted by Gasteiger charge is -2.22. The lowest BCUT2D eigenvalue weighted by Crippen LogP contribution is -2.24. The van der Waals surface area contributed by atoms with Crippen molar-refractivity contribution in [3.8, 4) is 6.07 Å². The van der Waals surface area contributed by atoms with Crippen LogP contribution in [0.25, 0.3) is 16.8 Å². The zero-order valence-corrected chi connectivity index (χ0v) is 14.6. The minimum absolute atomic E-state index is 0.0500. The van der Waals surface area contributed by atoms with Crippen molar-refractivity contribution in [2.45, 2.75) is 19.3 Å². The first kappa shape index (κ1) is 16.2. The Labute approximate surface area is 151 Å². The number of halogens is 1. The number of nitrogens with zero attached hydrogens (tertiary/aromatic N) is 2. The zero-order chi connectivity index (χ0) is 18.3. The summed E-state index contributed by atoms with van der Waals surface area (Å²) in [6.07, 6.45) is 3.85. The van der Waals surface area contributed by atoms with Crippen molar-refractivity contribution in [2.24, 2.45) is 4.99 Å². The van der Waals surface area contributed by atoms with Gasteiger partial charge in [0, 0.05) is 5.41 Å². The highest BCUT2D eigenvalue weighted by atomic mass is 19.1. The highest BCUT2D eigenvalue weighted by molar-refractivity contribution is 6.13. The van der Waals surface area contributed by atoms with Crippen molar-refractivity contribution in [3.05, 3.63) is 83.2 Å². The Morgan fingerprint density at radius 2 is 1.85 bits per heavy atom. The standard InChI is InChI=1S/C23H17FN2/c1-23(2)21(12-8-15-7-10-19(24)17(13-15)14-25)26-20-11-9-16-5-3-4-6-18(16)22(20)23/h3-13H,1-2H3/b12-8+. The van der Waals surface area contributed by atoms with Crippen LogP contribution in [0.2, 0.25) is 0 Å². The third-order valence-corrected chi connectivity index (χ3v) is 4.96. The second-order valence-corrected chi connectivity index (χ2v) is 6.99. The number of allylic oxidation sites excluding steroid dienone is 1. The van der Waals surface area contributed by atoms with E-state index in [2.05, 4.69) is 44.2 Å². The highest BCUT2D eigenvalue weighted by Gasteiger charge is 2.34. The van der Waals surface area contributed by atoms with Crippen LogP contribution in [0.3, 0.4) is 0 Å². The maximum Gasteiger partial charge on any atom is 0.140 e. The average Bonchev–Trinajstić information content (AvgIpc) is 2.91. The van der Waals surface area contributed by atoms with E-state index in [1.807, 2.05) is 24.3 Å². The summed E-state index contributed by atoms with van der Waals surface area (Å²) >= 11 is 0. The maximum atomic E-state index is 13.5. The third kappa shape index (κ3) is 2.51. The number of aliphatic imine (C=N–C) groups is 1. The number of nitriles is 1. The molecule has 3 heteroatoms. The molecule has 0 amide bonds. The van der Waals surface area contributed by atoms with Crippen molar-refractivity contribution >= 4 is 28.2 Å². The summed E-state index contributed by atoms with van der Waals surface area (Å²) in [5.74, 6) is -0.498. The van der Waals surface area contributed by atoms with Crippen molar-refractivity contribution in [1.29, 1.82) is 5.26 Å². The van der Waals surface area contributed by atoms with E-state index in [9.17, 15) is 4.39 Å². The predicted molar refractivity (Wildman–Crippen MR) is 104 cm³/mol. The number of hydrogen-bond donors (Lipinski definition) is 0. The van der Waals surface area contributed by atoms with E-state index < -0.39 is 5.82 Å². The van der Waals surface area contributed by atoms with E-state index in [4.69, 9.17) is 10.3 Å². The fourth-order valence-electron chi connectivity index (χ4n) is 3.56. The van der Waals surface area contributed by atoms with E-state index in [0.29, 0.717) is 0 Å². The summed E-state index contributed by atoms with van der Waals surface area (Å²) in [5, 5.41) is 11.4. The monoisotopic (exact) mass is 340 g/mol. The van der Waals surface area contributed by atoms with Gasteiger partial charge in [0.1, 0.15) is 11.9 Å². The molecule has 126 valence electrons. The van der Waals surface area contributed by atoms with Crippen molar-refractivity contribution < 1.29 is 4.39 Å². The van der Waals surface area contributed by atoms with Crippen LogP contribution in [0.15, 0.2) is 65.7 Å². The molecular formula is C23H17FN2. The van der Waals surface area contributed by atoms with Crippen LogP contribution in [0, 0.1) is 17.1 Å². The Kier molecular flexibility index (Phi) is 3.70. The number of rotatable bonds is 2. The fourth-order valence-corrected chi connectivity index (χ4v) is 3.56. The van der Waals surface area contributed by atoms with Gasteiger partial charge in [-0.15, -0.1) is 0 Å². The van der Waals surface area contributed by atoms with Crippen molar-refractivity contribution in [3.63, 3.8) is 0 Å². The minimum Gasteiger partial charge on any atom is -0.252 e. The largest absolute Gasteiger partial charge is 0.252 e. The Hall–Kier alpha value is -3.25. The summed E-state index contributed by atoms with van der Waals surface area (Å²) in [5.41, 5.74) is 3.77. The minimum atomic E-state index is -0.498. The normalized spacial score (nSPS) is 15.1. The van der Waals surface area contributed by atoms with Gasteiger partial charge >= 0.3 is 0 Å². The summed E-state index contributed by atoms with van der Waals surface area (Å²) in [7, 11) is 0. The van der Waals surface area contributed by atoms with Gasteiger partial charge in [0.15, 0.2) is 0 Å². The maximum absolute atomic E-state index is 13.5. The molecule has 0 saturated carbocycles. The van der Waals surface area contributed by atoms with Crippen LogP contribution in [0.4, 0.5) is 10.1 Å². The number of hydrogen-bond acceptors (Lipinski definition) is 2. The van der Waals surface area contributed by atoms with Gasteiger partial charge in [-0.05, 0) is 46.2 Å². The first-order valence-corrected chi connectivity index (χ1v) is 8.50. The Bertz CT molecular complexity index is 1130. The van der Waals surface area contributed by atoms with Crippen LogP contribution in [-0.4, -0.2) is 5.71 Å². The van der Waals surface area contributed by atoms with Gasteiger partial charge in [-0.2, -0.15) is 5.26 Å². The SMILES string of the molecule is CC1(C)C(/C=C/c2ccc(F)c(C#N)c2)=Nc2ccc3ccccc3c21. The Morgan fingerprint density at radius 3 is 2.65 bits per heavy atom. The van der Waals surface area contributed by atoms with E-state index >= 15 is 0 Å². The molecule has 0 N–H and O–H groups in total. The molecule has 0 aliphatic carbocycles. The molecule has 1 aliphatic heterocycles. The molecule has 2 nitrogen and oxygen atoms in total. The topological polar surface area (TPSA) is 36.1 Å². The molecule has 0 atom stereocenters. The van der Waals surface area contributed by atoms with E-state index in [1.165, 1.54) is 22.4 Å². The molecule has 3 aromatic rings. The quantitative estimate of drug-likeness (QED) is 0.570. The van der Waals surface area contributed by atoms with Gasteiger partial charge in [0.05, 0.1) is 17.0 Å². The van der Waals surface area contributed by atoms with Crippen LogP contribution < -0.4 is 0 Å². The van der Waals surface area contributed by atoms with Crippen LogP contribution >= 0.6 is 0 Å². The smallest absolute Gasteiger partial charge is 0.140 e. The summed E-state index contributed by atoms with van der Waals surface area (Å²) in [6, 6.07) is 18.9. The first-order chi connectivity index (χ1) is 12.5. The van der Waals surface area contributed by atoms with Crippen LogP contribution in [-0.2, 0) is 5.41 Å². The highest BCUT2D eigenvalue weighted by Crippen LogP contribution is 2.44. The molecular weight excluding hydrogens is 323 g/mol. The van der Waals surface area contributed by atoms with Crippen LogP contribution in [0.5, 0.6) is 0 Å². The van der Waals surface area contributed by atoms with Crippen LogP contribution in [0.1, 0.15) is 30.5 Å². The van der Waals surface area contributed by atoms with Gasteiger partial charge < -0.3 is 0 Å². The molecule has 0 aromatic heterocycles. The molecule has 0 radical (unpaired) electrons. The molecule has 1 heterocycles. The summed E-state index contributed by atoms with van der Waals surface area (Å²) in [6.45, 7) is 4.33. The van der Waals surface area contributed by atoms with E-state index in [-0.39, 0.29) is 11.0 Å². The number of fused-ring (bicyclic) bond motifs is 3. The Morgan fingerprint density at radius 1 is 1.04 bits per heavy atom. The van der Waals surface area contributed by atoms with Crippen molar-refractivity contribution in [2.75, 3.05) is 0 Å². The van der Waals surface area contributed by atoms with Gasteiger partial charge in [-0.1, -0.05) is 56.3 Å². The molecule has 4 rings (SSSR count). The second-order valence-electron chi connectivity index (χ2n) is 6.99. The average molecular weight is 340 g/mol. The number of benzene rings is 3. The van der Waals surface area contributed by atoms with E-state index in [1.54, 1.807) is 12.1 Å². The van der Waals surface area contributed by atoms with E-state index in [0.717, 1.165) is 17.0 Å². The molecule has 0 fully saturated rings. The molecule has 3 aromatic carbocycles. The van der Waals surface area contributed by atoms with Gasteiger partial charge in [-0.25, -0.2) is 4.39 Å². The summed E-state index contributed by atoms with van der Waals surface area (Å²) in [4.78, 5) is 4.82. The molecule has 1 aliphatic rings. The molecule has 26 heavy (non-hydrogen) atoms. The molecule has 0 saturated heterocycles. The summed E-state index contributed by atoms with van der Waals surface area (Å²) < 4.78 is 13.5. The van der Waals surface area contributed by atoms with Crippen molar-refractivity contribution in [1.82, 2.24) is 0 Å². The Balaban J connectivity index is 1.75. The molecule has 0 unspecified atom stereocenters.